The number of phenolic OH excluding ortho intramolecular Hbond substituents is 2. The number of anilines is 1. The minimum atomic E-state index is -0.288. The lowest BCUT2D eigenvalue weighted by atomic mass is 10.0. The van der Waals surface area contributed by atoms with Gasteiger partial charge in [-0.3, -0.25) is 9.79 Å². The Morgan fingerprint density at radius 1 is 1.14 bits per heavy atom. The molecule has 4 N–H and O–H groups in total. The van der Waals surface area contributed by atoms with Gasteiger partial charge in [0, 0.05) is 12.1 Å². The molecule has 0 aliphatic carbocycles. The average Bonchev–Trinajstić information content (AvgIpc) is 2.83. The van der Waals surface area contributed by atoms with Gasteiger partial charge in [-0.25, -0.2) is 0 Å². The molecule has 1 aliphatic heterocycles. The van der Waals surface area contributed by atoms with Crippen LogP contribution in [-0.4, -0.2) is 28.9 Å². The lowest BCUT2D eigenvalue weighted by Gasteiger charge is -2.00. The first-order chi connectivity index (χ1) is 10.6. The zero-order valence-electron chi connectivity index (χ0n) is 11.9. The molecule has 0 bridgehead atoms. The maximum atomic E-state index is 11.9. The van der Waals surface area contributed by atoms with Gasteiger partial charge >= 0.3 is 0 Å². The van der Waals surface area contributed by atoms with E-state index in [2.05, 4.69) is 10.3 Å². The number of nitrogens with one attached hydrogen (secondary N) is 2. The maximum Gasteiger partial charge on any atom is 0.241 e. The topological polar surface area (TPSA) is 83.5 Å². The van der Waals surface area contributed by atoms with E-state index in [4.69, 9.17) is 0 Å². The summed E-state index contributed by atoms with van der Waals surface area (Å²) in [5.41, 5.74) is 2.74. The van der Waals surface area contributed by atoms with E-state index >= 15 is 0 Å². The molecule has 5 nitrogen and oxygen atoms in total. The molecule has 112 valence electrons. The fraction of sp³-hybridized carbons (Fsp3) is 0.176. The Balaban J connectivity index is 1.63. The summed E-state index contributed by atoms with van der Waals surface area (Å²) < 4.78 is 0. The third-order valence-corrected chi connectivity index (χ3v) is 3.72. The summed E-state index contributed by atoms with van der Waals surface area (Å²) in [6.45, 7) is 0.635. The summed E-state index contributed by atoms with van der Waals surface area (Å²) in [4.78, 5) is 15.1. The molecule has 1 amide bonds. The number of para-hydroxylation sites is 1. The van der Waals surface area contributed by atoms with Crippen LogP contribution in [0.3, 0.4) is 0 Å². The van der Waals surface area contributed by atoms with Crippen molar-refractivity contribution in [2.24, 2.45) is 0 Å². The van der Waals surface area contributed by atoms with Crippen LogP contribution in [0.2, 0.25) is 0 Å². The first-order valence-corrected chi connectivity index (χ1v) is 7.12. The van der Waals surface area contributed by atoms with Gasteiger partial charge in [-0.2, -0.15) is 0 Å². The quantitative estimate of drug-likeness (QED) is 0.491. The second-order valence-electron chi connectivity index (χ2n) is 5.25. The van der Waals surface area contributed by atoms with Crippen molar-refractivity contribution in [2.45, 2.75) is 12.3 Å². The van der Waals surface area contributed by atoms with Gasteiger partial charge in [0.05, 0.1) is 0 Å². The Morgan fingerprint density at radius 3 is 2.77 bits per heavy atom. The number of phenols is 2. The molecule has 1 aliphatic rings. The second-order valence-corrected chi connectivity index (χ2v) is 5.25. The number of benzene rings is 2. The zero-order valence-corrected chi connectivity index (χ0v) is 11.9. The van der Waals surface area contributed by atoms with Gasteiger partial charge < -0.3 is 15.5 Å². The van der Waals surface area contributed by atoms with E-state index in [1.807, 2.05) is 24.3 Å². The van der Waals surface area contributed by atoms with Gasteiger partial charge in [-0.1, -0.05) is 24.3 Å². The van der Waals surface area contributed by atoms with E-state index in [9.17, 15) is 15.0 Å². The van der Waals surface area contributed by atoms with Gasteiger partial charge in [0.15, 0.2) is 17.7 Å². The predicted octanol–water partition coefficient (Wildman–Crippen LogP) is 0.528. The van der Waals surface area contributed by atoms with Crippen molar-refractivity contribution >= 4 is 17.8 Å². The second kappa shape index (κ2) is 5.89. The van der Waals surface area contributed by atoms with Crippen molar-refractivity contribution in [3.05, 3.63) is 53.6 Å². The smallest absolute Gasteiger partial charge is 0.241 e. The monoisotopic (exact) mass is 297 g/mol. The number of carbonyl (C=O) groups is 1. The van der Waals surface area contributed by atoms with Crippen LogP contribution >= 0.6 is 0 Å². The number of hydrogen-bond acceptors (Lipinski definition) is 3. The Kier molecular flexibility index (Phi) is 3.78. The number of aromatic hydroxyl groups is 2. The Labute approximate surface area is 128 Å². The van der Waals surface area contributed by atoms with Crippen molar-refractivity contribution in [3.63, 3.8) is 0 Å². The molecule has 0 spiro atoms. The van der Waals surface area contributed by atoms with Crippen LogP contribution in [0, 0.1) is 0 Å². The van der Waals surface area contributed by atoms with Crippen molar-refractivity contribution < 1.29 is 20.0 Å². The van der Waals surface area contributed by atoms with E-state index in [1.165, 1.54) is 12.1 Å². The summed E-state index contributed by atoms with van der Waals surface area (Å²) in [6.07, 6.45) is 2.47. The van der Waals surface area contributed by atoms with E-state index < -0.39 is 0 Å². The van der Waals surface area contributed by atoms with E-state index in [1.54, 1.807) is 12.3 Å². The lowest BCUT2D eigenvalue weighted by molar-refractivity contribution is -0.452. The van der Waals surface area contributed by atoms with Gasteiger partial charge in [0.25, 0.3) is 0 Å². The molecular formula is C17H17N2O3+. The molecule has 1 heterocycles. The normalized spacial score (nSPS) is 16.7. The molecule has 1 atom stereocenters. The fourth-order valence-corrected chi connectivity index (χ4v) is 2.54. The molecule has 5 heteroatoms. The summed E-state index contributed by atoms with van der Waals surface area (Å²) in [5, 5.41) is 21.6. The molecule has 0 fully saturated rings. The fourth-order valence-electron chi connectivity index (χ4n) is 2.54. The first kappa shape index (κ1) is 14.1. The third-order valence-electron chi connectivity index (χ3n) is 3.72. The number of amides is 1. The number of fused-ring (bicyclic) bond motifs is 1. The SMILES string of the molecule is O=C1Nc2ccccc2[C@H]1C=[NH+]CCc1ccc(O)c(O)c1. The molecular weight excluding hydrogens is 280 g/mol. The Bertz CT molecular complexity index is 740. The standard InChI is InChI=1S/C17H16N2O3/c20-15-6-5-11(9-16(15)21)7-8-18-10-13-12-3-1-2-4-14(12)19-17(13)22/h1-6,9-10,13,20-21H,7-8H2,(H,19,22)/p+1/t13-/m1/s1. The number of hydrogen-bond donors (Lipinski definition) is 4. The Morgan fingerprint density at radius 2 is 1.95 bits per heavy atom. The van der Waals surface area contributed by atoms with E-state index in [0.717, 1.165) is 16.8 Å². The summed E-state index contributed by atoms with van der Waals surface area (Å²) in [7, 11) is 0. The summed E-state index contributed by atoms with van der Waals surface area (Å²) >= 11 is 0. The maximum absolute atomic E-state index is 11.9. The largest absolute Gasteiger partial charge is 0.504 e. The zero-order chi connectivity index (χ0) is 15.5. The van der Waals surface area contributed by atoms with Gasteiger partial charge in [0.1, 0.15) is 12.5 Å². The van der Waals surface area contributed by atoms with E-state index in [0.29, 0.717) is 13.0 Å². The van der Waals surface area contributed by atoms with Crippen LogP contribution in [-0.2, 0) is 11.2 Å². The van der Waals surface area contributed by atoms with Crippen LogP contribution < -0.4 is 10.3 Å². The minimum absolute atomic E-state index is 0.0315. The minimum Gasteiger partial charge on any atom is -0.504 e. The molecule has 0 aromatic heterocycles. The molecule has 0 saturated carbocycles. The molecule has 0 unspecified atom stereocenters. The highest BCUT2D eigenvalue weighted by Crippen LogP contribution is 2.30. The Hall–Kier alpha value is -2.82. The molecule has 2 aromatic rings. The summed E-state index contributed by atoms with van der Waals surface area (Å²) in [5.74, 6) is -0.562. The third kappa shape index (κ3) is 2.79. The summed E-state index contributed by atoms with van der Waals surface area (Å²) in [6, 6.07) is 12.4. The van der Waals surface area contributed by atoms with E-state index in [-0.39, 0.29) is 23.3 Å². The van der Waals surface area contributed by atoms with Gasteiger partial charge in [-0.05, 0) is 29.3 Å². The first-order valence-electron chi connectivity index (χ1n) is 7.12. The van der Waals surface area contributed by atoms with Crippen molar-refractivity contribution in [1.29, 1.82) is 0 Å². The highest BCUT2D eigenvalue weighted by atomic mass is 16.3. The van der Waals surface area contributed by atoms with Crippen molar-refractivity contribution in [1.82, 2.24) is 0 Å². The van der Waals surface area contributed by atoms with Crippen LogP contribution in [0.25, 0.3) is 0 Å². The van der Waals surface area contributed by atoms with Gasteiger partial charge in [0.2, 0.25) is 5.91 Å². The predicted molar refractivity (Wildman–Crippen MR) is 83.2 cm³/mol. The van der Waals surface area contributed by atoms with Crippen LogP contribution in [0.15, 0.2) is 42.5 Å². The lowest BCUT2D eigenvalue weighted by Crippen LogP contribution is -2.70. The van der Waals surface area contributed by atoms with Gasteiger partial charge in [-0.15, -0.1) is 0 Å². The highest BCUT2D eigenvalue weighted by molar-refractivity contribution is 6.11. The number of rotatable bonds is 4. The van der Waals surface area contributed by atoms with Crippen molar-refractivity contribution in [2.75, 3.05) is 11.9 Å². The molecule has 22 heavy (non-hydrogen) atoms. The van der Waals surface area contributed by atoms with Crippen LogP contribution in [0.5, 0.6) is 11.5 Å². The molecule has 2 aromatic carbocycles. The average molecular weight is 297 g/mol. The van der Waals surface area contributed by atoms with Crippen molar-refractivity contribution in [3.8, 4) is 11.5 Å². The highest BCUT2D eigenvalue weighted by Gasteiger charge is 2.30. The molecule has 0 saturated heterocycles. The van der Waals surface area contributed by atoms with Crippen LogP contribution in [0.4, 0.5) is 5.69 Å². The molecule has 3 rings (SSSR count). The van der Waals surface area contributed by atoms with Crippen LogP contribution in [0.1, 0.15) is 17.0 Å². The number of carbonyl (C=O) groups excluding carboxylic acids is 1. The molecule has 0 radical (unpaired) electrons.